The van der Waals surface area contributed by atoms with Crippen molar-refractivity contribution in [2.75, 3.05) is 33.9 Å². The molecule has 136 valence electrons. The first-order chi connectivity index (χ1) is 12.7. The smallest absolute Gasteiger partial charge is 0.262 e. The Balaban J connectivity index is 1.79. The highest BCUT2D eigenvalue weighted by atomic mass is 16.5. The average molecular weight is 353 g/mol. The minimum atomic E-state index is 0.439. The van der Waals surface area contributed by atoms with Crippen molar-refractivity contribution in [3.63, 3.8) is 0 Å². The fourth-order valence-corrected chi connectivity index (χ4v) is 2.42. The Bertz CT molecular complexity index is 828. The van der Waals surface area contributed by atoms with E-state index in [0.29, 0.717) is 24.9 Å². The molecule has 0 saturated heterocycles. The Morgan fingerprint density at radius 3 is 2.50 bits per heavy atom. The van der Waals surface area contributed by atoms with Crippen LogP contribution in [0.5, 0.6) is 11.5 Å². The summed E-state index contributed by atoms with van der Waals surface area (Å²) in [6.07, 6.45) is 0. The van der Waals surface area contributed by atoms with Crippen LogP contribution in [-0.4, -0.2) is 48.9 Å². The van der Waals surface area contributed by atoms with E-state index >= 15 is 0 Å². The Morgan fingerprint density at radius 2 is 1.77 bits per heavy atom. The standard InChI is InChI=1S/C20H23N3O3/c1-4-24-16-11-9-15(10-12-16)19-21-20(26-22-19)17-7-5-6-8-18(17)25-14-13-23(2)3/h5-12H,4,13-14H2,1-3H3. The van der Waals surface area contributed by atoms with E-state index in [1.165, 1.54) is 0 Å². The van der Waals surface area contributed by atoms with Crippen molar-refractivity contribution in [3.8, 4) is 34.3 Å². The maximum Gasteiger partial charge on any atom is 0.262 e. The van der Waals surface area contributed by atoms with E-state index in [2.05, 4.69) is 15.0 Å². The summed E-state index contributed by atoms with van der Waals surface area (Å²) in [6.45, 7) is 4.01. The van der Waals surface area contributed by atoms with E-state index in [1.807, 2.05) is 69.6 Å². The van der Waals surface area contributed by atoms with E-state index < -0.39 is 0 Å². The molecule has 1 aromatic heterocycles. The van der Waals surface area contributed by atoms with Crippen molar-refractivity contribution in [2.45, 2.75) is 6.92 Å². The number of aromatic nitrogens is 2. The second-order valence-electron chi connectivity index (χ2n) is 6.03. The molecular formula is C20H23N3O3. The molecule has 0 bridgehead atoms. The minimum Gasteiger partial charge on any atom is -0.494 e. The second kappa shape index (κ2) is 8.49. The Kier molecular flexibility index (Phi) is 5.86. The van der Waals surface area contributed by atoms with Crippen molar-refractivity contribution in [1.29, 1.82) is 0 Å². The zero-order chi connectivity index (χ0) is 18.4. The zero-order valence-corrected chi connectivity index (χ0v) is 15.3. The highest BCUT2D eigenvalue weighted by Crippen LogP contribution is 2.30. The predicted octanol–water partition coefficient (Wildman–Crippen LogP) is 3.74. The zero-order valence-electron chi connectivity index (χ0n) is 15.3. The number of likely N-dealkylation sites (N-methyl/N-ethyl adjacent to an activating group) is 1. The average Bonchev–Trinajstić information content (AvgIpc) is 3.13. The lowest BCUT2D eigenvalue weighted by Gasteiger charge is -2.12. The summed E-state index contributed by atoms with van der Waals surface area (Å²) in [6, 6.07) is 15.3. The van der Waals surface area contributed by atoms with Gasteiger partial charge in [-0.25, -0.2) is 0 Å². The van der Waals surface area contributed by atoms with Crippen LogP contribution in [0.4, 0.5) is 0 Å². The lowest BCUT2D eigenvalue weighted by atomic mass is 10.2. The molecule has 6 nitrogen and oxygen atoms in total. The lowest BCUT2D eigenvalue weighted by Crippen LogP contribution is -2.19. The SMILES string of the molecule is CCOc1ccc(-c2noc(-c3ccccc3OCCN(C)C)n2)cc1. The van der Waals surface area contributed by atoms with Crippen LogP contribution in [0.15, 0.2) is 53.1 Å². The summed E-state index contributed by atoms with van der Waals surface area (Å²) in [5, 5.41) is 4.10. The highest BCUT2D eigenvalue weighted by molar-refractivity contribution is 5.65. The van der Waals surface area contributed by atoms with Crippen molar-refractivity contribution >= 4 is 0 Å². The molecule has 2 aromatic carbocycles. The van der Waals surface area contributed by atoms with Crippen molar-refractivity contribution in [1.82, 2.24) is 15.0 Å². The van der Waals surface area contributed by atoms with Gasteiger partial charge in [0.2, 0.25) is 5.82 Å². The second-order valence-corrected chi connectivity index (χ2v) is 6.03. The van der Waals surface area contributed by atoms with Gasteiger partial charge in [0.1, 0.15) is 18.1 Å². The van der Waals surface area contributed by atoms with E-state index in [1.54, 1.807) is 0 Å². The molecule has 26 heavy (non-hydrogen) atoms. The number of ether oxygens (including phenoxy) is 2. The van der Waals surface area contributed by atoms with Crippen LogP contribution >= 0.6 is 0 Å². The number of hydrogen-bond donors (Lipinski definition) is 0. The normalized spacial score (nSPS) is 10.9. The molecule has 1 heterocycles. The van der Waals surface area contributed by atoms with Gasteiger partial charge in [-0.1, -0.05) is 17.3 Å². The van der Waals surface area contributed by atoms with Crippen molar-refractivity contribution in [3.05, 3.63) is 48.5 Å². The third-order valence-electron chi connectivity index (χ3n) is 3.76. The summed E-state index contributed by atoms with van der Waals surface area (Å²) in [7, 11) is 4.02. The van der Waals surface area contributed by atoms with Crippen LogP contribution in [0, 0.1) is 0 Å². The van der Waals surface area contributed by atoms with Crippen LogP contribution < -0.4 is 9.47 Å². The molecule has 0 aliphatic heterocycles. The van der Waals surface area contributed by atoms with Gasteiger partial charge in [0.25, 0.3) is 5.89 Å². The first kappa shape index (κ1) is 17.9. The van der Waals surface area contributed by atoms with Gasteiger partial charge in [-0.3, -0.25) is 0 Å². The van der Waals surface area contributed by atoms with Gasteiger partial charge >= 0.3 is 0 Å². The van der Waals surface area contributed by atoms with Gasteiger partial charge in [0.05, 0.1) is 12.2 Å². The summed E-state index contributed by atoms with van der Waals surface area (Å²) in [4.78, 5) is 6.59. The summed E-state index contributed by atoms with van der Waals surface area (Å²) >= 11 is 0. The molecule has 0 aliphatic rings. The monoisotopic (exact) mass is 353 g/mol. The summed E-state index contributed by atoms with van der Waals surface area (Å²) < 4.78 is 16.8. The van der Waals surface area contributed by atoms with Crippen LogP contribution in [0.3, 0.4) is 0 Å². The third-order valence-corrected chi connectivity index (χ3v) is 3.76. The fraction of sp³-hybridized carbons (Fsp3) is 0.300. The molecule has 0 radical (unpaired) electrons. The third kappa shape index (κ3) is 4.40. The van der Waals surface area contributed by atoms with Crippen LogP contribution in [-0.2, 0) is 0 Å². The molecule has 6 heteroatoms. The first-order valence-corrected chi connectivity index (χ1v) is 8.61. The lowest BCUT2D eigenvalue weighted by molar-refractivity contribution is 0.261. The molecule has 0 amide bonds. The van der Waals surface area contributed by atoms with E-state index in [9.17, 15) is 0 Å². The van der Waals surface area contributed by atoms with E-state index in [4.69, 9.17) is 14.0 Å². The molecule has 0 spiro atoms. The molecule has 0 aliphatic carbocycles. The molecule has 0 saturated carbocycles. The number of benzene rings is 2. The Morgan fingerprint density at radius 1 is 1.00 bits per heavy atom. The quantitative estimate of drug-likeness (QED) is 0.615. The van der Waals surface area contributed by atoms with Crippen LogP contribution in [0.2, 0.25) is 0 Å². The van der Waals surface area contributed by atoms with Gasteiger partial charge < -0.3 is 18.9 Å². The Labute approximate surface area is 153 Å². The first-order valence-electron chi connectivity index (χ1n) is 8.61. The minimum absolute atomic E-state index is 0.439. The highest BCUT2D eigenvalue weighted by Gasteiger charge is 2.15. The maximum atomic E-state index is 5.87. The van der Waals surface area contributed by atoms with Crippen LogP contribution in [0.1, 0.15) is 6.92 Å². The summed E-state index contributed by atoms with van der Waals surface area (Å²) in [5.74, 6) is 2.52. The molecule has 3 rings (SSSR count). The molecular weight excluding hydrogens is 330 g/mol. The summed E-state index contributed by atoms with van der Waals surface area (Å²) in [5.41, 5.74) is 1.66. The number of hydrogen-bond acceptors (Lipinski definition) is 6. The molecule has 3 aromatic rings. The van der Waals surface area contributed by atoms with Crippen molar-refractivity contribution < 1.29 is 14.0 Å². The Hall–Kier alpha value is -2.86. The maximum absolute atomic E-state index is 5.87. The van der Waals surface area contributed by atoms with Gasteiger partial charge in [-0.2, -0.15) is 4.98 Å². The van der Waals surface area contributed by atoms with Gasteiger partial charge in [0, 0.05) is 12.1 Å². The van der Waals surface area contributed by atoms with Gasteiger partial charge in [0.15, 0.2) is 0 Å². The van der Waals surface area contributed by atoms with E-state index in [0.717, 1.165) is 29.2 Å². The number of para-hydroxylation sites is 1. The number of nitrogens with zero attached hydrogens (tertiary/aromatic N) is 3. The molecule has 0 atom stereocenters. The van der Waals surface area contributed by atoms with Gasteiger partial charge in [-0.05, 0) is 57.4 Å². The van der Waals surface area contributed by atoms with Gasteiger partial charge in [-0.15, -0.1) is 0 Å². The molecule has 0 unspecified atom stereocenters. The van der Waals surface area contributed by atoms with Crippen molar-refractivity contribution in [2.24, 2.45) is 0 Å². The largest absolute Gasteiger partial charge is 0.494 e. The van der Waals surface area contributed by atoms with Crippen LogP contribution in [0.25, 0.3) is 22.8 Å². The molecule has 0 N–H and O–H groups in total. The topological polar surface area (TPSA) is 60.6 Å². The molecule has 0 fully saturated rings. The fourth-order valence-electron chi connectivity index (χ4n) is 2.42. The predicted molar refractivity (Wildman–Crippen MR) is 100 cm³/mol. The van der Waals surface area contributed by atoms with E-state index in [-0.39, 0.29) is 0 Å². The number of rotatable bonds is 8.